The minimum atomic E-state index is -0.0989. The molecule has 164 valence electrons. The van der Waals surface area contributed by atoms with Crippen LogP contribution in [0.4, 0.5) is 0 Å². The summed E-state index contributed by atoms with van der Waals surface area (Å²) < 4.78 is 18.8. The molecule has 0 unspecified atom stereocenters. The van der Waals surface area contributed by atoms with E-state index in [9.17, 15) is 4.79 Å². The quantitative estimate of drug-likeness (QED) is 0.475. The van der Waals surface area contributed by atoms with Crippen molar-refractivity contribution < 1.29 is 18.7 Å². The summed E-state index contributed by atoms with van der Waals surface area (Å²) in [4.78, 5) is 20.3. The van der Waals surface area contributed by atoms with Crippen molar-refractivity contribution in [3.8, 4) is 23.0 Å². The Kier molecular flexibility index (Phi) is 5.05. The minimum absolute atomic E-state index is 0.0989. The predicted molar refractivity (Wildman–Crippen MR) is 119 cm³/mol. The second-order valence-electron chi connectivity index (χ2n) is 7.70. The van der Waals surface area contributed by atoms with E-state index in [1.165, 1.54) is 0 Å². The van der Waals surface area contributed by atoms with E-state index in [0.717, 1.165) is 16.6 Å². The zero-order chi connectivity index (χ0) is 22.2. The highest BCUT2D eigenvalue weighted by atomic mass is 16.6. The van der Waals surface area contributed by atoms with E-state index in [-0.39, 0.29) is 5.91 Å². The zero-order valence-corrected chi connectivity index (χ0v) is 18.3. The molecule has 1 aliphatic heterocycles. The number of furan rings is 1. The number of carbonyl (C=O) groups excluding carboxylic acids is 1. The summed E-state index contributed by atoms with van der Waals surface area (Å²) >= 11 is 0. The number of pyridine rings is 1. The molecule has 3 aromatic heterocycles. The Balaban J connectivity index is 1.58. The first-order valence-electron chi connectivity index (χ1n) is 10.6. The van der Waals surface area contributed by atoms with Crippen molar-refractivity contribution in [2.45, 2.75) is 20.4 Å². The molecule has 8 heteroatoms. The molecule has 4 aromatic rings. The molecular weight excluding hydrogens is 408 g/mol. The molecule has 0 spiro atoms. The first-order valence-corrected chi connectivity index (χ1v) is 10.6. The van der Waals surface area contributed by atoms with Gasteiger partial charge in [-0.15, -0.1) is 0 Å². The Morgan fingerprint density at radius 2 is 2.03 bits per heavy atom. The smallest absolute Gasteiger partial charge is 0.255 e. The Morgan fingerprint density at radius 3 is 2.81 bits per heavy atom. The number of amides is 1. The molecule has 0 aliphatic carbocycles. The summed E-state index contributed by atoms with van der Waals surface area (Å²) in [5.41, 5.74) is 3.46. The van der Waals surface area contributed by atoms with Crippen molar-refractivity contribution in [1.82, 2.24) is 19.7 Å². The third kappa shape index (κ3) is 3.37. The number of hydrogen-bond donors (Lipinski definition) is 0. The van der Waals surface area contributed by atoms with E-state index in [1.54, 1.807) is 28.0 Å². The number of nitrogens with zero attached hydrogens (tertiary/aromatic N) is 4. The van der Waals surface area contributed by atoms with Crippen molar-refractivity contribution in [2.24, 2.45) is 7.05 Å². The summed E-state index contributed by atoms with van der Waals surface area (Å²) in [5.74, 6) is 1.93. The highest BCUT2D eigenvalue weighted by Gasteiger charge is 2.25. The normalized spacial score (nSPS) is 12.8. The molecule has 0 saturated heterocycles. The maximum atomic E-state index is 13.8. The lowest BCUT2D eigenvalue weighted by Crippen LogP contribution is -2.31. The van der Waals surface area contributed by atoms with Crippen molar-refractivity contribution in [3.05, 3.63) is 59.5 Å². The van der Waals surface area contributed by atoms with Gasteiger partial charge in [-0.3, -0.25) is 9.48 Å². The minimum Gasteiger partial charge on any atom is -0.486 e. The molecule has 0 radical (unpaired) electrons. The molecule has 0 bridgehead atoms. The summed E-state index contributed by atoms with van der Waals surface area (Å²) in [6.07, 6.45) is 1.59. The van der Waals surface area contributed by atoms with Gasteiger partial charge in [0, 0.05) is 25.7 Å². The van der Waals surface area contributed by atoms with Gasteiger partial charge in [0.05, 0.1) is 22.9 Å². The van der Waals surface area contributed by atoms with Crippen LogP contribution in [0.2, 0.25) is 0 Å². The van der Waals surface area contributed by atoms with Gasteiger partial charge in [0.2, 0.25) is 0 Å². The van der Waals surface area contributed by atoms with Crippen LogP contribution in [0, 0.1) is 6.92 Å². The van der Waals surface area contributed by atoms with E-state index in [0.29, 0.717) is 60.5 Å². The highest BCUT2D eigenvalue weighted by Crippen LogP contribution is 2.35. The predicted octanol–water partition coefficient (Wildman–Crippen LogP) is 3.97. The van der Waals surface area contributed by atoms with Crippen molar-refractivity contribution >= 4 is 16.9 Å². The summed E-state index contributed by atoms with van der Waals surface area (Å²) in [5, 5.41) is 5.25. The fourth-order valence-electron chi connectivity index (χ4n) is 4.13. The molecule has 8 nitrogen and oxygen atoms in total. The Labute approximate surface area is 185 Å². The summed E-state index contributed by atoms with van der Waals surface area (Å²) in [6.45, 7) is 5.81. The van der Waals surface area contributed by atoms with E-state index in [2.05, 4.69) is 5.10 Å². The van der Waals surface area contributed by atoms with Gasteiger partial charge < -0.3 is 18.8 Å². The van der Waals surface area contributed by atoms with Gasteiger partial charge >= 0.3 is 0 Å². The molecule has 32 heavy (non-hydrogen) atoms. The summed E-state index contributed by atoms with van der Waals surface area (Å²) in [7, 11) is 1.83. The third-order valence-corrected chi connectivity index (χ3v) is 5.65. The van der Waals surface area contributed by atoms with Crippen molar-refractivity contribution in [3.63, 3.8) is 0 Å². The standard InChI is InChI=1S/C24H24N4O4/c1-4-28(14-16-7-5-8-20-22(16)32-12-11-31-20)24(29)17-13-18(19-9-6-10-30-19)25-23-21(17)15(2)26-27(23)3/h5-10,13H,4,11-12,14H2,1-3H3. The van der Waals surface area contributed by atoms with Gasteiger partial charge in [-0.25, -0.2) is 4.98 Å². The van der Waals surface area contributed by atoms with Gasteiger partial charge in [-0.1, -0.05) is 12.1 Å². The van der Waals surface area contributed by atoms with Gasteiger partial charge in [-0.2, -0.15) is 5.10 Å². The molecule has 0 N–H and O–H groups in total. The number of carbonyl (C=O) groups is 1. The van der Waals surface area contributed by atoms with Gasteiger partial charge in [0.1, 0.15) is 18.9 Å². The fraction of sp³-hybridized carbons (Fsp3) is 0.292. The Hall–Kier alpha value is -3.81. The molecule has 0 fully saturated rings. The van der Waals surface area contributed by atoms with E-state index in [4.69, 9.17) is 18.9 Å². The number of hydrogen-bond acceptors (Lipinski definition) is 6. The number of aromatic nitrogens is 3. The molecule has 1 amide bonds. The molecule has 0 atom stereocenters. The van der Waals surface area contributed by atoms with Crippen LogP contribution in [0.25, 0.3) is 22.5 Å². The molecular formula is C24H24N4O4. The monoisotopic (exact) mass is 432 g/mol. The lowest BCUT2D eigenvalue weighted by molar-refractivity contribution is 0.0751. The van der Waals surface area contributed by atoms with Gasteiger partial charge in [0.15, 0.2) is 22.9 Å². The Morgan fingerprint density at radius 1 is 1.19 bits per heavy atom. The number of benzene rings is 1. The first kappa shape index (κ1) is 20.1. The van der Waals surface area contributed by atoms with Crippen LogP contribution in [0.1, 0.15) is 28.5 Å². The van der Waals surface area contributed by atoms with Crippen LogP contribution in [-0.2, 0) is 13.6 Å². The molecule has 1 aromatic carbocycles. The first-order chi connectivity index (χ1) is 15.6. The van der Waals surface area contributed by atoms with Crippen LogP contribution >= 0.6 is 0 Å². The van der Waals surface area contributed by atoms with Gasteiger partial charge in [-0.05, 0) is 38.1 Å². The van der Waals surface area contributed by atoms with Crippen LogP contribution in [-0.4, -0.2) is 45.3 Å². The zero-order valence-electron chi connectivity index (χ0n) is 18.3. The molecule has 5 rings (SSSR count). The third-order valence-electron chi connectivity index (χ3n) is 5.65. The topological polar surface area (TPSA) is 82.6 Å². The van der Waals surface area contributed by atoms with E-state index < -0.39 is 0 Å². The van der Waals surface area contributed by atoms with E-state index >= 15 is 0 Å². The number of ether oxygens (including phenoxy) is 2. The fourth-order valence-corrected chi connectivity index (χ4v) is 4.13. The van der Waals surface area contributed by atoms with E-state index in [1.807, 2.05) is 45.2 Å². The maximum Gasteiger partial charge on any atom is 0.255 e. The lowest BCUT2D eigenvalue weighted by atomic mass is 10.1. The second-order valence-corrected chi connectivity index (χ2v) is 7.70. The van der Waals surface area contributed by atoms with Gasteiger partial charge in [0.25, 0.3) is 5.91 Å². The number of fused-ring (bicyclic) bond motifs is 2. The van der Waals surface area contributed by atoms with Crippen molar-refractivity contribution in [2.75, 3.05) is 19.8 Å². The molecule has 1 aliphatic rings. The number of rotatable bonds is 5. The van der Waals surface area contributed by atoms with Crippen LogP contribution < -0.4 is 9.47 Å². The average Bonchev–Trinajstić information content (AvgIpc) is 3.45. The second kappa shape index (κ2) is 8.03. The average molecular weight is 432 g/mol. The van der Waals surface area contributed by atoms with Crippen LogP contribution in [0.3, 0.4) is 0 Å². The number of para-hydroxylation sites is 1. The van der Waals surface area contributed by atoms with Crippen molar-refractivity contribution in [1.29, 1.82) is 0 Å². The summed E-state index contributed by atoms with van der Waals surface area (Å²) in [6, 6.07) is 11.2. The highest BCUT2D eigenvalue weighted by molar-refractivity contribution is 6.07. The SMILES string of the molecule is CCN(Cc1cccc2c1OCCO2)C(=O)c1cc(-c2ccco2)nc2c1c(C)nn2C. The van der Waals surface area contributed by atoms with Crippen LogP contribution in [0.15, 0.2) is 47.1 Å². The van der Waals surface area contributed by atoms with Crippen LogP contribution in [0.5, 0.6) is 11.5 Å². The number of aryl methyl sites for hydroxylation is 2. The largest absolute Gasteiger partial charge is 0.486 e. The maximum absolute atomic E-state index is 13.8. The molecule has 0 saturated carbocycles. The lowest BCUT2D eigenvalue weighted by Gasteiger charge is -2.25. The Bertz CT molecular complexity index is 1290. The molecule has 4 heterocycles.